The first-order valence-electron chi connectivity index (χ1n) is 4.42. The van der Waals surface area contributed by atoms with E-state index in [0.717, 1.165) is 7.11 Å². The van der Waals surface area contributed by atoms with E-state index in [0.29, 0.717) is 12.1 Å². The second-order valence-corrected chi connectivity index (χ2v) is 3.17. The van der Waals surface area contributed by atoms with Gasteiger partial charge in [0.1, 0.15) is 17.5 Å². The SMILES string of the molecule is COC(=O)C[C@@H](N)c1c(F)cc(F)cc1F. The molecule has 0 aromatic heterocycles. The highest BCUT2D eigenvalue weighted by molar-refractivity contribution is 5.70. The highest BCUT2D eigenvalue weighted by atomic mass is 19.1. The van der Waals surface area contributed by atoms with Gasteiger partial charge < -0.3 is 10.5 Å². The molecule has 1 rings (SSSR count). The number of carbonyl (C=O) groups excluding carboxylic acids is 1. The summed E-state index contributed by atoms with van der Waals surface area (Å²) < 4.78 is 43.3. The van der Waals surface area contributed by atoms with Crippen molar-refractivity contribution < 1.29 is 22.7 Å². The molecule has 88 valence electrons. The quantitative estimate of drug-likeness (QED) is 0.808. The maximum absolute atomic E-state index is 13.2. The molecule has 0 aliphatic carbocycles. The molecule has 0 bridgehead atoms. The van der Waals surface area contributed by atoms with Gasteiger partial charge >= 0.3 is 5.97 Å². The van der Waals surface area contributed by atoms with Crippen LogP contribution in [-0.2, 0) is 9.53 Å². The fourth-order valence-electron chi connectivity index (χ4n) is 1.27. The number of esters is 1. The Bertz CT molecular complexity index is 386. The minimum atomic E-state index is -1.20. The van der Waals surface area contributed by atoms with Gasteiger partial charge in [0.2, 0.25) is 0 Å². The highest BCUT2D eigenvalue weighted by Crippen LogP contribution is 2.22. The van der Waals surface area contributed by atoms with Gasteiger partial charge in [-0.15, -0.1) is 0 Å². The fourth-order valence-corrected chi connectivity index (χ4v) is 1.27. The van der Waals surface area contributed by atoms with Crippen molar-refractivity contribution in [3.63, 3.8) is 0 Å². The Hall–Kier alpha value is -1.56. The molecule has 0 amide bonds. The molecule has 0 aliphatic heterocycles. The Morgan fingerprint density at radius 3 is 2.31 bits per heavy atom. The Labute approximate surface area is 90.0 Å². The van der Waals surface area contributed by atoms with Crippen LogP contribution in [-0.4, -0.2) is 13.1 Å². The number of carbonyl (C=O) groups is 1. The Morgan fingerprint density at radius 2 is 1.88 bits per heavy atom. The summed E-state index contributed by atoms with van der Waals surface area (Å²) in [7, 11) is 1.13. The van der Waals surface area contributed by atoms with Crippen LogP contribution in [0, 0.1) is 17.5 Å². The lowest BCUT2D eigenvalue weighted by molar-refractivity contribution is -0.141. The molecular formula is C10H10F3NO2. The molecule has 16 heavy (non-hydrogen) atoms. The highest BCUT2D eigenvalue weighted by Gasteiger charge is 2.20. The van der Waals surface area contributed by atoms with E-state index >= 15 is 0 Å². The summed E-state index contributed by atoms with van der Waals surface area (Å²) in [6.45, 7) is 0. The van der Waals surface area contributed by atoms with E-state index in [9.17, 15) is 18.0 Å². The third-order valence-corrected chi connectivity index (χ3v) is 2.03. The number of nitrogens with two attached hydrogens (primary N) is 1. The minimum absolute atomic E-state index is 0.379. The molecule has 1 aromatic carbocycles. The minimum Gasteiger partial charge on any atom is -0.469 e. The molecule has 1 aromatic rings. The molecule has 6 heteroatoms. The van der Waals surface area contributed by atoms with Crippen molar-refractivity contribution in [2.24, 2.45) is 5.73 Å². The molecule has 2 N–H and O–H groups in total. The third-order valence-electron chi connectivity index (χ3n) is 2.03. The van der Waals surface area contributed by atoms with Crippen molar-refractivity contribution in [3.05, 3.63) is 35.1 Å². The van der Waals surface area contributed by atoms with Gasteiger partial charge in [-0.25, -0.2) is 13.2 Å². The second kappa shape index (κ2) is 4.98. The van der Waals surface area contributed by atoms with Gasteiger partial charge in [-0.05, 0) is 0 Å². The molecule has 0 unspecified atom stereocenters. The molecule has 0 radical (unpaired) electrons. The molecule has 1 atom stereocenters. The number of hydrogen-bond acceptors (Lipinski definition) is 3. The van der Waals surface area contributed by atoms with Crippen LogP contribution in [0.1, 0.15) is 18.0 Å². The number of ether oxygens (including phenoxy) is 1. The van der Waals surface area contributed by atoms with Crippen LogP contribution in [0.15, 0.2) is 12.1 Å². The normalized spacial score (nSPS) is 12.3. The number of halogens is 3. The summed E-state index contributed by atoms with van der Waals surface area (Å²) in [6, 6.07) is -0.182. The Kier molecular flexibility index (Phi) is 3.89. The molecule has 0 saturated carbocycles. The van der Waals surface area contributed by atoms with Crippen molar-refractivity contribution in [1.82, 2.24) is 0 Å². The van der Waals surface area contributed by atoms with Crippen LogP contribution >= 0.6 is 0 Å². The van der Waals surface area contributed by atoms with Crippen LogP contribution in [0.5, 0.6) is 0 Å². The molecule has 0 saturated heterocycles. The smallest absolute Gasteiger partial charge is 0.307 e. The summed E-state index contributed by atoms with van der Waals surface area (Å²) in [5.41, 5.74) is 4.90. The van der Waals surface area contributed by atoms with Crippen LogP contribution in [0.4, 0.5) is 13.2 Å². The van der Waals surface area contributed by atoms with Gasteiger partial charge in [-0.2, -0.15) is 0 Å². The maximum Gasteiger partial charge on any atom is 0.307 e. The van der Waals surface area contributed by atoms with Gasteiger partial charge in [-0.1, -0.05) is 0 Å². The monoisotopic (exact) mass is 233 g/mol. The molecule has 0 heterocycles. The first kappa shape index (κ1) is 12.5. The van der Waals surface area contributed by atoms with Crippen LogP contribution in [0.25, 0.3) is 0 Å². The van der Waals surface area contributed by atoms with E-state index in [-0.39, 0.29) is 6.42 Å². The van der Waals surface area contributed by atoms with Crippen LogP contribution in [0.3, 0.4) is 0 Å². The summed E-state index contributed by atoms with van der Waals surface area (Å²) >= 11 is 0. The predicted molar refractivity (Wildman–Crippen MR) is 49.9 cm³/mol. The zero-order valence-electron chi connectivity index (χ0n) is 8.47. The molecule has 0 aliphatic rings. The van der Waals surface area contributed by atoms with E-state index in [2.05, 4.69) is 4.74 Å². The van der Waals surface area contributed by atoms with E-state index in [1.54, 1.807) is 0 Å². The van der Waals surface area contributed by atoms with E-state index in [1.807, 2.05) is 0 Å². The molecular weight excluding hydrogens is 223 g/mol. The van der Waals surface area contributed by atoms with Gasteiger partial charge in [0.15, 0.2) is 0 Å². The topological polar surface area (TPSA) is 52.3 Å². The maximum atomic E-state index is 13.2. The van der Waals surface area contributed by atoms with E-state index in [1.165, 1.54) is 0 Å². The fraction of sp³-hybridized carbons (Fsp3) is 0.300. The van der Waals surface area contributed by atoms with E-state index in [4.69, 9.17) is 5.73 Å². The van der Waals surface area contributed by atoms with Crippen LogP contribution < -0.4 is 5.73 Å². The van der Waals surface area contributed by atoms with Crippen molar-refractivity contribution >= 4 is 5.97 Å². The average Bonchev–Trinajstić information content (AvgIpc) is 2.15. The summed E-state index contributed by atoms with van der Waals surface area (Å²) in [5.74, 6) is -3.97. The number of rotatable bonds is 3. The van der Waals surface area contributed by atoms with Crippen molar-refractivity contribution in [3.8, 4) is 0 Å². The lowest BCUT2D eigenvalue weighted by atomic mass is 10.0. The number of methoxy groups -OCH3 is 1. The summed E-state index contributed by atoms with van der Waals surface area (Å²) in [4.78, 5) is 10.9. The Morgan fingerprint density at radius 1 is 1.38 bits per heavy atom. The Balaban J connectivity index is 2.99. The lowest BCUT2D eigenvalue weighted by Crippen LogP contribution is -2.19. The molecule has 0 fully saturated rings. The first-order valence-corrected chi connectivity index (χ1v) is 4.42. The number of benzene rings is 1. The lowest BCUT2D eigenvalue weighted by Gasteiger charge is -2.12. The van der Waals surface area contributed by atoms with Crippen LogP contribution in [0.2, 0.25) is 0 Å². The van der Waals surface area contributed by atoms with Gasteiger partial charge in [0.05, 0.1) is 13.5 Å². The molecule has 3 nitrogen and oxygen atoms in total. The average molecular weight is 233 g/mol. The molecule has 0 spiro atoms. The largest absolute Gasteiger partial charge is 0.469 e. The second-order valence-electron chi connectivity index (χ2n) is 3.17. The van der Waals surface area contributed by atoms with E-state index < -0.39 is 35.0 Å². The summed E-state index contributed by atoms with van der Waals surface area (Å²) in [5, 5.41) is 0. The van der Waals surface area contributed by atoms with Gasteiger partial charge in [-0.3, -0.25) is 4.79 Å². The van der Waals surface area contributed by atoms with Gasteiger partial charge in [0.25, 0.3) is 0 Å². The first-order chi connectivity index (χ1) is 7.45. The number of hydrogen-bond donors (Lipinski definition) is 1. The van der Waals surface area contributed by atoms with Gasteiger partial charge in [0, 0.05) is 23.7 Å². The predicted octanol–water partition coefficient (Wildman–Crippen LogP) is 1.67. The van der Waals surface area contributed by atoms with Crippen molar-refractivity contribution in [2.75, 3.05) is 7.11 Å². The standard InChI is InChI=1S/C10H10F3NO2/c1-16-9(15)4-8(14)10-6(12)2-5(11)3-7(10)13/h2-3,8H,4,14H2,1H3/t8-/m1/s1. The zero-order valence-corrected chi connectivity index (χ0v) is 8.47. The third kappa shape index (κ3) is 2.73. The summed E-state index contributed by atoms with van der Waals surface area (Å²) in [6.07, 6.45) is -0.379. The zero-order chi connectivity index (χ0) is 12.3. The van der Waals surface area contributed by atoms with Crippen molar-refractivity contribution in [1.29, 1.82) is 0 Å². The van der Waals surface area contributed by atoms with Crippen molar-refractivity contribution in [2.45, 2.75) is 12.5 Å².